The van der Waals surface area contributed by atoms with Crippen molar-refractivity contribution in [2.45, 2.75) is 26.3 Å². The van der Waals surface area contributed by atoms with Crippen LogP contribution >= 0.6 is 22.6 Å². The Morgan fingerprint density at radius 3 is 2.13 bits per heavy atom. The van der Waals surface area contributed by atoms with Crippen LogP contribution in [0.15, 0.2) is 54.6 Å². The van der Waals surface area contributed by atoms with E-state index in [0.29, 0.717) is 11.1 Å². The highest BCUT2D eigenvalue weighted by molar-refractivity contribution is 14.1. The Balaban J connectivity index is 2.28. The predicted octanol–water partition coefficient (Wildman–Crippen LogP) is 3.88. The van der Waals surface area contributed by atoms with Crippen molar-refractivity contribution in [3.63, 3.8) is 0 Å². The quantitative estimate of drug-likeness (QED) is 0.590. The van der Waals surface area contributed by atoms with Crippen LogP contribution in [0, 0.1) is 3.57 Å². The summed E-state index contributed by atoms with van der Waals surface area (Å²) in [6, 6.07) is 16.1. The van der Waals surface area contributed by atoms with Crippen LogP contribution < -0.4 is 5.43 Å². The lowest BCUT2D eigenvalue weighted by Gasteiger charge is -2.35. The van der Waals surface area contributed by atoms with Gasteiger partial charge in [0.1, 0.15) is 0 Å². The van der Waals surface area contributed by atoms with E-state index >= 15 is 0 Å². The number of carbonyl (C=O) groups excluding carboxylic acids is 2. The average Bonchev–Trinajstić information content (AvgIpc) is 2.51. The largest absolute Gasteiger partial charge is 0.272 e. The third kappa shape index (κ3) is 4.54. The van der Waals surface area contributed by atoms with Gasteiger partial charge in [0.15, 0.2) is 0 Å². The highest BCUT2D eigenvalue weighted by Crippen LogP contribution is 2.17. The van der Waals surface area contributed by atoms with Gasteiger partial charge in [0.05, 0.1) is 5.54 Å². The minimum Gasteiger partial charge on any atom is -0.267 e. The van der Waals surface area contributed by atoms with E-state index in [9.17, 15) is 9.59 Å². The van der Waals surface area contributed by atoms with Crippen molar-refractivity contribution in [3.05, 3.63) is 69.3 Å². The fraction of sp³-hybridized carbons (Fsp3) is 0.222. The molecule has 0 aliphatic rings. The number of benzene rings is 2. The number of hydrogen-bond acceptors (Lipinski definition) is 2. The number of nitrogens with zero attached hydrogens (tertiary/aromatic N) is 1. The van der Waals surface area contributed by atoms with E-state index in [1.807, 2.05) is 39.0 Å². The topological polar surface area (TPSA) is 49.4 Å². The first-order chi connectivity index (χ1) is 10.8. The minimum atomic E-state index is -0.553. The van der Waals surface area contributed by atoms with Crippen molar-refractivity contribution in [2.75, 3.05) is 0 Å². The maximum atomic E-state index is 12.8. The summed E-state index contributed by atoms with van der Waals surface area (Å²) in [5, 5.41) is 1.38. The lowest BCUT2D eigenvalue weighted by molar-refractivity contribution is 0.0358. The van der Waals surface area contributed by atoms with Crippen molar-refractivity contribution < 1.29 is 9.59 Å². The first-order valence-electron chi connectivity index (χ1n) is 7.25. The summed E-state index contributed by atoms with van der Waals surface area (Å²) in [7, 11) is 0. The monoisotopic (exact) mass is 422 g/mol. The maximum absolute atomic E-state index is 12.8. The summed E-state index contributed by atoms with van der Waals surface area (Å²) in [5.41, 5.74) is 3.23. The summed E-state index contributed by atoms with van der Waals surface area (Å²) in [5.74, 6) is -0.542. The van der Waals surface area contributed by atoms with Gasteiger partial charge in [-0.05, 0) is 73.7 Å². The lowest BCUT2D eigenvalue weighted by Crippen LogP contribution is -2.55. The molecule has 2 rings (SSSR count). The molecule has 2 aromatic carbocycles. The Labute approximate surface area is 150 Å². The molecule has 0 saturated carbocycles. The first-order valence-corrected chi connectivity index (χ1v) is 8.33. The van der Waals surface area contributed by atoms with Crippen LogP contribution in [0.2, 0.25) is 0 Å². The summed E-state index contributed by atoms with van der Waals surface area (Å²) in [6.07, 6.45) is 0. The van der Waals surface area contributed by atoms with Gasteiger partial charge in [-0.25, -0.2) is 5.01 Å². The number of rotatable bonds is 2. The van der Waals surface area contributed by atoms with E-state index < -0.39 is 5.54 Å². The van der Waals surface area contributed by atoms with Crippen LogP contribution in [0.1, 0.15) is 41.5 Å². The van der Waals surface area contributed by atoms with Crippen LogP contribution in [0.5, 0.6) is 0 Å². The van der Waals surface area contributed by atoms with Crippen molar-refractivity contribution >= 4 is 34.4 Å². The Bertz CT molecular complexity index is 708. The Morgan fingerprint density at radius 1 is 0.957 bits per heavy atom. The molecule has 2 aromatic rings. The SMILES string of the molecule is CC(C)(C)N(NC(=O)c1ccccc1)C(=O)c1cccc(I)c1. The number of hydrazine groups is 1. The van der Waals surface area contributed by atoms with Crippen LogP contribution in [-0.2, 0) is 0 Å². The molecule has 0 fully saturated rings. The number of hydrogen-bond donors (Lipinski definition) is 1. The van der Waals surface area contributed by atoms with Crippen LogP contribution in [-0.4, -0.2) is 22.4 Å². The molecule has 120 valence electrons. The predicted molar refractivity (Wildman–Crippen MR) is 99.0 cm³/mol. The smallest absolute Gasteiger partial charge is 0.267 e. The number of carbonyl (C=O) groups is 2. The second kappa shape index (κ2) is 7.12. The Hall–Kier alpha value is -1.89. The second-order valence-corrected chi connectivity index (χ2v) is 7.37. The van der Waals surface area contributed by atoms with Crippen LogP contribution in [0.3, 0.4) is 0 Å². The van der Waals surface area contributed by atoms with Gasteiger partial charge in [0.25, 0.3) is 11.8 Å². The molecule has 0 bridgehead atoms. The summed E-state index contributed by atoms with van der Waals surface area (Å²) in [6.45, 7) is 5.64. The van der Waals surface area contributed by atoms with E-state index in [0.717, 1.165) is 3.57 Å². The fourth-order valence-electron chi connectivity index (χ4n) is 2.03. The van der Waals surface area contributed by atoms with E-state index in [1.165, 1.54) is 5.01 Å². The molecule has 0 spiro atoms. The van der Waals surface area contributed by atoms with Gasteiger partial charge < -0.3 is 0 Å². The molecule has 0 aromatic heterocycles. The zero-order valence-corrected chi connectivity index (χ0v) is 15.5. The lowest BCUT2D eigenvalue weighted by atomic mass is 10.1. The number of amides is 2. The summed E-state index contributed by atoms with van der Waals surface area (Å²) in [4.78, 5) is 25.2. The van der Waals surface area contributed by atoms with Gasteiger partial charge in [-0.1, -0.05) is 24.3 Å². The van der Waals surface area contributed by atoms with Crippen molar-refractivity contribution in [1.82, 2.24) is 10.4 Å². The normalized spacial score (nSPS) is 11.0. The third-order valence-corrected chi connectivity index (χ3v) is 3.87. The molecule has 23 heavy (non-hydrogen) atoms. The zero-order chi connectivity index (χ0) is 17.0. The second-order valence-electron chi connectivity index (χ2n) is 6.13. The Morgan fingerprint density at radius 2 is 1.57 bits per heavy atom. The highest BCUT2D eigenvalue weighted by Gasteiger charge is 2.29. The van der Waals surface area contributed by atoms with Gasteiger partial charge in [-0.15, -0.1) is 0 Å². The third-order valence-electron chi connectivity index (χ3n) is 3.19. The zero-order valence-electron chi connectivity index (χ0n) is 13.3. The van der Waals surface area contributed by atoms with Crippen molar-refractivity contribution in [1.29, 1.82) is 0 Å². The van der Waals surface area contributed by atoms with Crippen molar-refractivity contribution in [3.8, 4) is 0 Å². The molecule has 4 nitrogen and oxygen atoms in total. The average molecular weight is 422 g/mol. The van der Waals surface area contributed by atoms with Crippen molar-refractivity contribution in [2.24, 2.45) is 0 Å². The number of nitrogens with one attached hydrogen (secondary N) is 1. The van der Waals surface area contributed by atoms with Gasteiger partial charge in [0.2, 0.25) is 0 Å². The summed E-state index contributed by atoms with van der Waals surface area (Å²) >= 11 is 2.16. The highest BCUT2D eigenvalue weighted by atomic mass is 127. The first kappa shape index (κ1) is 17.5. The maximum Gasteiger partial charge on any atom is 0.272 e. The Kier molecular flexibility index (Phi) is 5.41. The molecule has 0 atom stereocenters. The number of halogens is 1. The molecule has 0 unspecified atom stereocenters. The molecule has 2 amide bonds. The van der Waals surface area contributed by atoms with Gasteiger partial charge in [0, 0.05) is 14.7 Å². The summed E-state index contributed by atoms with van der Waals surface area (Å²) < 4.78 is 0.969. The van der Waals surface area contributed by atoms with Gasteiger partial charge in [-0.3, -0.25) is 15.0 Å². The van der Waals surface area contributed by atoms with E-state index in [2.05, 4.69) is 28.0 Å². The van der Waals surface area contributed by atoms with E-state index in [4.69, 9.17) is 0 Å². The molecule has 5 heteroatoms. The van der Waals surface area contributed by atoms with E-state index in [1.54, 1.807) is 36.4 Å². The molecule has 0 heterocycles. The molecule has 0 aliphatic carbocycles. The fourth-order valence-corrected chi connectivity index (χ4v) is 2.57. The van der Waals surface area contributed by atoms with Gasteiger partial charge in [-0.2, -0.15) is 0 Å². The standard InChI is InChI=1S/C18H19IN2O2/c1-18(2,3)21(17(23)14-10-7-11-15(19)12-14)20-16(22)13-8-5-4-6-9-13/h4-12H,1-3H3,(H,20,22). The minimum absolute atomic E-state index is 0.236. The molecule has 0 aliphatic heterocycles. The van der Waals surface area contributed by atoms with Crippen LogP contribution in [0.4, 0.5) is 0 Å². The molecule has 1 N–H and O–H groups in total. The molecule has 0 saturated heterocycles. The van der Waals surface area contributed by atoms with Gasteiger partial charge >= 0.3 is 0 Å². The van der Waals surface area contributed by atoms with Crippen LogP contribution in [0.25, 0.3) is 0 Å². The molecular formula is C18H19IN2O2. The van der Waals surface area contributed by atoms with E-state index in [-0.39, 0.29) is 11.8 Å². The molecular weight excluding hydrogens is 403 g/mol. The molecule has 0 radical (unpaired) electrons.